The molecule has 0 saturated heterocycles. The molecule has 2 N–H and O–H groups in total. The molecule has 0 aliphatic heterocycles. The van der Waals surface area contributed by atoms with Crippen molar-refractivity contribution in [1.29, 1.82) is 0 Å². The Bertz CT molecular complexity index is 221. The van der Waals surface area contributed by atoms with Crippen LogP contribution in [0.5, 0.6) is 0 Å². The fourth-order valence-corrected chi connectivity index (χ4v) is 1.13. The molecule has 0 aromatic heterocycles. The van der Waals surface area contributed by atoms with Crippen LogP contribution < -0.4 is 0 Å². The molecule has 0 unspecified atom stereocenters. The van der Waals surface area contributed by atoms with Gasteiger partial charge in [-0.2, -0.15) is 0 Å². The van der Waals surface area contributed by atoms with Gasteiger partial charge in [-0.15, -0.1) is 13.2 Å². The summed E-state index contributed by atoms with van der Waals surface area (Å²) in [6.07, 6.45) is 9.42. The van der Waals surface area contributed by atoms with Crippen LogP contribution in [0, 0.1) is 0 Å². The third-order valence-electron chi connectivity index (χ3n) is 2.25. The summed E-state index contributed by atoms with van der Waals surface area (Å²) in [6.45, 7) is 20.7. The second-order valence-electron chi connectivity index (χ2n) is 5.08. The molecule has 27 heavy (non-hydrogen) atoms. The van der Waals surface area contributed by atoms with E-state index in [0.29, 0.717) is 13.0 Å². The number of aliphatic hydroxyl groups excluding tert-OH is 2. The minimum atomic E-state index is -0.125. The van der Waals surface area contributed by atoms with Gasteiger partial charge in [0.05, 0.1) is 19.8 Å². The molecule has 0 fully saturated rings. The maximum absolute atomic E-state index is 11.0. The molecule has 0 spiro atoms. The van der Waals surface area contributed by atoms with Crippen molar-refractivity contribution in [2.45, 2.75) is 80.1 Å². The Hall–Kier alpha value is -1.17. The minimum Gasteiger partial charge on any atom is -0.466 e. The molecule has 0 bridgehead atoms. The van der Waals surface area contributed by atoms with Crippen molar-refractivity contribution in [1.82, 2.24) is 0 Å². The van der Waals surface area contributed by atoms with Crippen LogP contribution in [-0.4, -0.2) is 49.2 Å². The standard InChI is InChI=1S/C10H20O2.C4H10O.2C3H6.C2H6O2/c1-3-5-7-8-10(11)12-9-6-4-2;1-3-5-4-2;2*1-3-2;3-1-2-4/h3-9H2,1-2H3;3-4H2,1-2H3;2*3H,1H2,2H3;3-4H,1-2H2. The second-order valence-corrected chi connectivity index (χ2v) is 5.08. The Kier molecular flexibility index (Phi) is 67.7. The summed E-state index contributed by atoms with van der Waals surface area (Å²) < 4.78 is 9.82. The first-order valence-corrected chi connectivity index (χ1v) is 10.1. The van der Waals surface area contributed by atoms with Gasteiger partial charge < -0.3 is 19.7 Å². The molecular formula is C22H48O5. The van der Waals surface area contributed by atoms with Crippen molar-refractivity contribution in [2.24, 2.45) is 0 Å². The topological polar surface area (TPSA) is 76.0 Å². The number of hydrogen-bond acceptors (Lipinski definition) is 5. The highest BCUT2D eigenvalue weighted by atomic mass is 16.5. The number of hydrogen-bond donors (Lipinski definition) is 2. The lowest BCUT2D eigenvalue weighted by Gasteiger charge is -2.02. The van der Waals surface area contributed by atoms with E-state index in [1.54, 1.807) is 12.2 Å². The number of carbonyl (C=O) groups excluding carboxylic acids is 1. The molecule has 0 aromatic carbocycles. The van der Waals surface area contributed by atoms with Gasteiger partial charge in [0.25, 0.3) is 0 Å². The summed E-state index contributed by atoms with van der Waals surface area (Å²) in [5.41, 5.74) is 0. The maximum atomic E-state index is 11.0. The Labute approximate surface area is 169 Å². The van der Waals surface area contributed by atoms with Crippen LogP contribution >= 0.6 is 0 Å². The van der Waals surface area contributed by atoms with E-state index in [1.165, 1.54) is 0 Å². The smallest absolute Gasteiger partial charge is 0.305 e. The lowest BCUT2D eigenvalue weighted by atomic mass is 10.2. The first kappa shape index (κ1) is 36.7. The number of ether oxygens (including phenoxy) is 2. The van der Waals surface area contributed by atoms with Crippen molar-refractivity contribution in [2.75, 3.05) is 33.0 Å². The highest BCUT2D eigenvalue weighted by Gasteiger charge is 2.00. The van der Waals surface area contributed by atoms with E-state index in [2.05, 4.69) is 27.0 Å². The largest absolute Gasteiger partial charge is 0.466 e. The van der Waals surface area contributed by atoms with Gasteiger partial charge in [0.2, 0.25) is 0 Å². The van der Waals surface area contributed by atoms with Gasteiger partial charge >= 0.3 is 5.97 Å². The molecule has 0 atom stereocenters. The van der Waals surface area contributed by atoms with Crippen molar-refractivity contribution in [3.05, 3.63) is 25.3 Å². The predicted molar refractivity (Wildman–Crippen MR) is 118 cm³/mol. The van der Waals surface area contributed by atoms with Crippen LogP contribution in [0.2, 0.25) is 0 Å². The summed E-state index contributed by atoms with van der Waals surface area (Å²) in [5, 5.41) is 15.2. The zero-order valence-electron chi connectivity index (χ0n) is 19.0. The number of aliphatic hydroxyl groups is 2. The monoisotopic (exact) mass is 392 g/mol. The van der Waals surface area contributed by atoms with E-state index in [1.807, 2.05) is 27.7 Å². The van der Waals surface area contributed by atoms with E-state index in [4.69, 9.17) is 19.7 Å². The van der Waals surface area contributed by atoms with Crippen LogP contribution in [0.4, 0.5) is 0 Å². The molecule has 0 aliphatic carbocycles. The lowest BCUT2D eigenvalue weighted by molar-refractivity contribution is -0.143. The molecular weight excluding hydrogens is 344 g/mol. The van der Waals surface area contributed by atoms with Gasteiger partial charge in [0, 0.05) is 19.6 Å². The number of allylic oxidation sites excluding steroid dienone is 2. The zero-order chi connectivity index (χ0) is 22.2. The van der Waals surface area contributed by atoms with Crippen LogP contribution in [-0.2, 0) is 14.3 Å². The predicted octanol–water partition coefficient (Wildman–Crippen LogP) is 5.31. The number of esters is 1. The first-order valence-electron chi connectivity index (χ1n) is 10.1. The van der Waals surface area contributed by atoms with Crippen LogP contribution in [0.25, 0.3) is 0 Å². The van der Waals surface area contributed by atoms with Crippen LogP contribution in [0.3, 0.4) is 0 Å². The fraction of sp³-hybridized carbons (Fsp3) is 0.773. The SMILES string of the molecule is C=CC.C=CC.CCCCCC(=O)OCCCC.CCOCC.OCCO. The summed E-state index contributed by atoms with van der Waals surface area (Å²) in [4.78, 5) is 11.0. The van der Waals surface area contributed by atoms with Crippen LogP contribution in [0.1, 0.15) is 80.1 Å². The highest BCUT2D eigenvalue weighted by Crippen LogP contribution is 2.01. The molecule has 166 valence electrons. The summed E-state index contributed by atoms with van der Waals surface area (Å²) >= 11 is 0. The van der Waals surface area contributed by atoms with Gasteiger partial charge in [-0.1, -0.05) is 45.3 Å². The Morgan fingerprint density at radius 2 is 1.26 bits per heavy atom. The number of carbonyl (C=O) groups is 1. The van der Waals surface area contributed by atoms with E-state index in [-0.39, 0.29) is 19.2 Å². The molecule has 0 amide bonds. The number of unbranched alkanes of at least 4 members (excludes halogenated alkanes) is 3. The molecule has 5 heteroatoms. The lowest BCUT2D eigenvalue weighted by Crippen LogP contribution is -2.05. The summed E-state index contributed by atoms with van der Waals surface area (Å²) in [6, 6.07) is 0. The highest BCUT2D eigenvalue weighted by molar-refractivity contribution is 5.69. The second kappa shape index (κ2) is 49.8. The van der Waals surface area contributed by atoms with Gasteiger partial charge in [0.15, 0.2) is 0 Å². The van der Waals surface area contributed by atoms with Gasteiger partial charge in [-0.25, -0.2) is 0 Å². The Balaban J connectivity index is -0.0000000889. The van der Waals surface area contributed by atoms with Gasteiger partial charge in [-0.05, 0) is 40.5 Å². The molecule has 0 aliphatic rings. The molecule has 0 heterocycles. The van der Waals surface area contributed by atoms with Crippen LogP contribution in [0.15, 0.2) is 25.3 Å². The fourth-order valence-electron chi connectivity index (χ4n) is 1.13. The summed E-state index contributed by atoms with van der Waals surface area (Å²) in [5.74, 6) is -0.0306. The Morgan fingerprint density at radius 3 is 1.52 bits per heavy atom. The van der Waals surface area contributed by atoms with E-state index in [0.717, 1.165) is 45.3 Å². The molecule has 0 saturated carbocycles. The van der Waals surface area contributed by atoms with Crippen molar-refractivity contribution < 1.29 is 24.5 Å². The quantitative estimate of drug-likeness (QED) is 0.299. The molecule has 0 radical (unpaired) electrons. The summed E-state index contributed by atoms with van der Waals surface area (Å²) in [7, 11) is 0. The van der Waals surface area contributed by atoms with E-state index >= 15 is 0 Å². The molecule has 0 rings (SSSR count). The zero-order valence-corrected chi connectivity index (χ0v) is 19.0. The average molecular weight is 393 g/mol. The third kappa shape index (κ3) is 92.5. The number of rotatable bonds is 10. The third-order valence-corrected chi connectivity index (χ3v) is 2.25. The van der Waals surface area contributed by atoms with E-state index in [9.17, 15) is 4.79 Å². The van der Waals surface area contributed by atoms with Crippen molar-refractivity contribution >= 4 is 5.97 Å². The van der Waals surface area contributed by atoms with E-state index < -0.39 is 0 Å². The van der Waals surface area contributed by atoms with Crippen molar-refractivity contribution in [3.8, 4) is 0 Å². The van der Waals surface area contributed by atoms with Gasteiger partial charge in [0.1, 0.15) is 0 Å². The normalized spacial score (nSPS) is 8.00. The average Bonchev–Trinajstić information content (AvgIpc) is 2.65. The maximum Gasteiger partial charge on any atom is 0.305 e. The first-order chi connectivity index (χ1) is 13.0. The Morgan fingerprint density at radius 1 is 0.852 bits per heavy atom. The molecule has 5 nitrogen and oxygen atoms in total. The van der Waals surface area contributed by atoms with Crippen molar-refractivity contribution in [3.63, 3.8) is 0 Å². The van der Waals surface area contributed by atoms with Gasteiger partial charge in [-0.3, -0.25) is 4.79 Å². The molecule has 0 aromatic rings. The minimum absolute atomic E-state index is 0.0306.